The highest BCUT2D eigenvalue weighted by molar-refractivity contribution is 6.31. The van der Waals surface area contributed by atoms with Crippen molar-refractivity contribution in [3.63, 3.8) is 0 Å². The second kappa shape index (κ2) is 3.88. The molecule has 0 N–H and O–H groups in total. The minimum absolute atomic E-state index is 0.0736. The molecule has 1 saturated carbocycles. The van der Waals surface area contributed by atoms with Gasteiger partial charge in [0.15, 0.2) is 11.6 Å². The molecule has 22 heavy (non-hydrogen) atoms. The van der Waals surface area contributed by atoms with Gasteiger partial charge in [-0.25, -0.2) is 4.39 Å². The standard InChI is InChI=1S/C18H12FNO2/c19-12-3-1-2-10-15-11(7-20-16(10)12)17(21)13-8-4-5-9(6-8)14(13)18(15)22/h1-3,7-9H,4-6H2. The van der Waals surface area contributed by atoms with Gasteiger partial charge in [-0.15, -0.1) is 0 Å². The maximum absolute atomic E-state index is 13.9. The zero-order valence-corrected chi connectivity index (χ0v) is 11.7. The number of pyridine rings is 1. The Balaban J connectivity index is 1.86. The van der Waals surface area contributed by atoms with Crippen LogP contribution in [-0.2, 0) is 0 Å². The predicted molar refractivity (Wildman–Crippen MR) is 78.2 cm³/mol. The first-order valence-electron chi connectivity index (χ1n) is 7.57. The Hall–Kier alpha value is -2.36. The molecule has 0 radical (unpaired) electrons. The first-order chi connectivity index (χ1) is 10.7. The number of fused-ring (bicyclic) bond motifs is 7. The first-order valence-corrected chi connectivity index (χ1v) is 7.57. The van der Waals surface area contributed by atoms with E-state index >= 15 is 0 Å². The molecule has 108 valence electrons. The minimum Gasteiger partial charge on any atom is -0.289 e. The number of nitrogens with zero attached hydrogens (tertiary/aromatic N) is 1. The third kappa shape index (κ3) is 1.29. The Kier molecular flexibility index (Phi) is 2.16. The van der Waals surface area contributed by atoms with Crippen LogP contribution in [0.4, 0.5) is 4.39 Å². The fourth-order valence-corrected chi connectivity index (χ4v) is 4.44. The highest BCUT2D eigenvalue weighted by atomic mass is 19.1. The van der Waals surface area contributed by atoms with Crippen molar-refractivity contribution in [2.45, 2.75) is 19.3 Å². The van der Waals surface area contributed by atoms with Gasteiger partial charge in [0.2, 0.25) is 0 Å². The van der Waals surface area contributed by atoms with Crippen LogP contribution in [0.25, 0.3) is 10.9 Å². The topological polar surface area (TPSA) is 47.0 Å². The fraction of sp³-hybridized carbons (Fsp3) is 0.278. The lowest BCUT2D eigenvalue weighted by Crippen LogP contribution is -2.26. The van der Waals surface area contributed by atoms with E-state index < -0.39 is 5.82 Å². The van der Waals surface area contributed by atoms with E-state index in [4.69, 9.17) is 0 Å². The molecule has 3 nitrogen and oxygen atoms in total. The molecule has 1 aromatic heterocycles. The molecule has 2 unspecified atom stereocenters. The number of halogens is 1. The summed E-state index contributed by atoms with van der Waals surface area (Å²) in [5, 5.41) is 0.449. The van der Waals surface area contributed by atoms with Gasteiger partial charge in [0.25, 0.3) is 0 Å². The SMILES string of the molecule is O=C1C2=C(C(=O)c3c1cnc1c(F)cccc31)C1CCC2C1. The number of Topliss-reactive ketones (excluding diaryl/α,β-unsaturated/α-hetero) is 2. The van der Waals surface area contributed by atoms with Gasteiger partial charge >= 0.3 is 0 Å². The van der Waals surface area contributed by atoms with E-state index in [1.807, 2.05) is 0 Å². The number of aromatic nitrogens is 1. The molecule has 3 aliphatic carbocycles. The van der Waals surface area contributed by atoms with Crippen LogP contribution in [0.15, 0.2) is 35.5 Å². The van der Waals surface area contributed by atoms with Crippen LogP contribution < -0.4 is 0 Å². The molecular weight excluding hydrogens is 281 g/mol. The van der Waals surface area contributed by atoms with Crippen molar-refractivity contribution in [2.24, 2.45) is 11.8 Å². The summed E-state index contributed by atoms with van der Waals surface area (Å²) < 4.78 is 13.9. The third-order valence-electron chi connectivity index (χ3n) is 5.35. The number of hydrogen-bond acceptors (Lipinski definition) is 3. The number of carbonyl (C=O) groups is 2. The fourth-order valence-electron chi connectivity index (χ4n) is 4.44. The number of allylic oxidation sites excluding steroid dienone is 2. The largest absolute Gasteiger partial charge is 0.289 e. The van der Waals surface area contributed by atoms with Crippen LogP contribution in [-0.4, -0.2) is 16.6 Å². The van der Waals surface area contributed by atoms with E-state index in [9.17, 15) is 14.0 Å². The van der Waals surface area contributed by atoms with Crippen LogP contribution in [0.3, 0.4) is 0 Å². The summed E-state index contributed by atoms with van der Waals surface area (Å²) in [7, 11) is 0. The second-order valence-electron chi connectivity index (χ2n) is 6.38. The first kappa shape index (κ1) is 12.2. The van der Waals surface area contributed by atoms with Crippen LogP contribution >= 0.6 is 0 Å². The van der Waals surface area contributed by atoms with Crippen molar-refractivity contribution in [2.75, 3.05) is 0 Å². The average molecular weight is 293 g/mol. The minimum atomic E-state index is -0.465. The molecule has 3 aliphatic rings. The molecule has 2 bridgehead atoms. The summed E-state index contributed by atoms with van der Waals surface area (Å²) in [6.45, 7) is 0. The van der Waals surface area contributed by atoms with Crippen molar-refractivity contribution in [3.05, 3.63) is 52.5 Å². The maximum atomic E-state index is 13.9. The molecule has 1 fully saturated rings. The number of rotatable bonds is 0. The molecule has 2 atom stereocenters. The van der Waals surface area contributed by atoms with Crippen LogP contribution in [0.1, 0.15) is 40.0 Å². The van der Waals surface area contributed by atoms with Gasteiger partial charge in [-0.3, -0.25) is 14.6 Å². The molecular formula is C18H12FNO2. The summed E-state index contributed by atoms with van der Waals surface area (Å²) in [5.41, 5.74) is 2.27. The number of para-hydroxylation sites is 1. The van der Waals surface area contributed by atoms with E-state index in [1.165, 1.54) is 12.3 Å². The Morgan fingerprint density at radius 1 is 1.05 bits per heavy atom. The Morgan fingerprint density at radius 2 is 1.77 bits per heavy atom. The molecule has 0 saturated heterocycles. The van der Waals surface area contributed by atoms with Gasteiger partial charge < -0.3 is 0 Å². The number of ketones is 2. The number of benzene rings is 1. The smallest absolute Gasteiger partial charge is 0.192 e. The summed E-state index contributed by atoms with van der Waals surface area (Å²) in [5.74, 6) is -0.187. The van der Waals surface area contributed by atoms with Crippen molar-refractivity contribution < 1.29 is 14.0 Å². The van der Waals surface area contributed by atoms with E-state index in [2.05, 4.69) is 4.98 Å². The van der Waals surface area contributed by atoms with Gasteiger partial charge in [-0.1, -0.05) is 12.1 Å². The van der Waals surface area contributed by atoms with Gasteiger partial charge in [0, 0.05) is 28.3 Å². The van der Waals surface area contributed by atoms with E-state index in [0.29, 0.717) is 27.7 Å². The second-order valence-corrected chi connectivity index (χ2v) is 6.38. The third-order valence-corrected chi connectivity index (χ3v) is 5.35. The van der Waals surface area contributed by atoms with E-state index in [-0.39, 0.29) is 28.9 Å². The average Bonchev–Trinajstić information content (AvgIpc) is 3.13. The lowest BCUT2D eigenvalue weighted by Gasteiger charge is -2.24. The van der Waals surface area contributed by atoms with Crippen molar-refractivity contribution in [1.82, 2.24) is 4.98 Å². The molecule has 4 heteroatoms. The summed E-state index contributed by atoms with van der Waals surface area (Å²) >= 11 is 0. The van der Waals surface area contributed by atoms with Crippen LogP contribution in [0.5, 0.6) is 0 Å². The van der Waals surface area contributed by atoms with Gasteiger partial charge in [-0.05, 0) is 37.2 Å². The number of carbonyl (C=O) groups excluding carboxylic acids is 2. The normalized spacial score (nSPS) is 25.9. The molecule has 0 aliphatic heterocycles. The quantitative estimate of drug-likeness (QED) is 0.747. The predicted octanol–water partition coefficient (Wildman–Crippen LogP) is 3.48. The monoisotopic (exact) mass is 293 g/mol. The molecule has 5 rings (SSSR count). The van der Waals surface area contributed by atoms with Crippen LogP contribution in [0, 0.1) is 17.7 Å². The summed E-state index contributed by atoms with van der Waals surface area (Å²) in [6, 6.07) is 4.55. The molecule has 0 spiro atoms. The van der Waals surface area contributed by atoms with Crippen LogP contribution in [0.2, 0.25) is 0 Å². The lowest BCUT2D eigenvalue weighted by atomic mass is 9.77. The Morgan fingerprint density at radius 3 is 2.55 bits per heavy atom. The van der Waals surface area contributed by atoms with E-state index in [1.54, 1.807) is 12.1 Å². The highest BCUT2D eigenvalue weighted by Crippen LogP contribution is 2.52. The summed E-state index contributed by atoms with van der Waals surface area (Å²) in [4.78, 5) is 29.9. The van der Waals surface area contributed by atoms with Crippen molar-refractivity contribution >= 4 is 22.5 Å². The van der Waals surface area contributed by atoms with Gasteiger partial charge in [0.1, 0.15) is 11.3 Å². The maximum Gasteiger partial charge on any atom is 0.192 e. The summed E-state index contributed by atoms with van der Waals surface area (Å²) in [6.07, 6.45) is 4.26. The zero-order valence-electron chi connectivity index (χ0n) is 11.7. The van der Waals surface area contributed by atoms with Crippen molar-refractivity contribution in [3.8, 4) is 0 Å². The zero-order chi connectivity index (χ0) is 15.0. The van der Waals surface area contributed by atoms with Gasteiger partial charge in [-0.2, -0.15) is 0 Å². The van der Waals surface area contributed by atoms with E-state index in [0.717, 1.165) is 19.3 Å². The Bertz CT molecular complexity index is 928. The molecule has 0 amide bonds. The molecule has 1 aromatic carbocycles. The molecule has 1 heterocycles. The molecule has 2 aromatic rings. The van der Waals surface area contributed by atoms with Gasteiger partial charge in [0.05, 0.1) is 5.56 Å². The lowest BCUT2D eigenvalue weighted by molar-refractivity contribution is 0.0963. The Labute approximate surface area is 125 Å². The highest BCUT2D eigenvalue weighted by Gasteiger charge is 2.48. The van der Waals surface area contributed by atoms with Crippen molar-refractivity contribution in [1.29, 1.82) is 0 Å². The number of hydrogen-bond donors (Lipinski definition) is 0.